The minimum Gasteiger partial charge on any atom is -0.504 e. The maximum atomic E-state index is 10.7. The molecule has 0 saturated carbocycles. The van der Waals surface area contributed by atoms with Gasteiger partial charge in [0.1, 0.15) is 5.01 Å². The number of aliphatic carboxylic acids is 1. The van der Waals surface area contributed by atoms with Crippen LogP contribution in [0.15, 0.2) is 18.2 Å². The van der Waals surface area contributed by atoms with E-state index in [1.807, 2.05) is 0 Å². The molecule has 1 heterocycles. The van der Waals surface area contributed by atoms with Crippen molar-refractivity contribution in [2.75, 3.05) is 0 Å². The van der Waals surface area contributed by atoms with Gasteiger partial charge < -0.3 is 15.3 Å². The molecule has 0 saturated heterocycles. The van der Waals surface area contributed by atoms with E-state index in [2.05, 4.69) is 4.98 Å². The third-order valence-corrected chi connectivity index (χ3v) is 3.63. The standard InChI is InChI=1S/C12H11NO4S/c1-6-10(5-11(16)17)18-12(13-6)7-2-3-8(14)9(15)4-7/h2-4,14-15H,5H2,1H3,(H,16,17). The summed E-state index contributed by atoms with van der Waals surface area (Å²) in [6.07, 6.45) is -0.0619. The van der Waals surface area contributed by atoms with Crippen LogP contribution in [0.4, 0.5) is 0 Å². The van der Waals surface area contributed by atoms with Crippen molar-refractivity contribution in [3.05, 3.63) is 28.8 Å². The molecule has 0 unspecified atom stereocenters. The van der Waals surface area contributed by atoms with Crippen LogP contribution < -0.4 is 0 Å². The summed E-state index contributed by atoms with van der Waals surface area (Å²) in [5.74, 6) is -1.32. The number of carboxylic acids is 1. The number of phenols is 2. The van der Waals surface area contributed by atoms with Gasteiger partial charge in [0, 0.05) is 10.4 Å². The average Bonchev–Trinajstić information content (AvgIpc) is 2.63. The number of aryl methyl sites for hydroxylation is 1. The maximum absolute atomic E-state index is 10.7. The smallest absolute Gasteiger partial charge is 0.308 e. The van der Waals surface area contributed by atoms with Crippen LogP contribution in [-0.4, -0.2) is 26.3 Å². The molecule has 3 N–H and O–H groups in total. The molecule has 0 spiro atoms. The lowest BCUT2D eigenvalue weighted by Gasteiger charge is -1.99. The number of phenolic OH excluding ortho intramolecular Hbond substituents is 2. The van der Waals surface area contributed by atoms with Crippen molar-refractivity contribution in [1.29, 1.82) is 0 Å². The van der Waals surface area contributed by atoms with E-state index in [0.29, 0.717) is 21.1 Å². The molecule has 0 atom stereocenters. The maximum Gasteiger partial charge on any atom is 0.308 e. The van der Waals surface area contributed by atoms with Crippen molar-refractivity contribution >= 4 is 17.3 Å². The molecule has 5 nitrogen and oxygen atoms in total. The number of benzene rings is 1. The Morgan fingerprint density at radius 1 is 1.33 bits per heavy atom. The number of hydrogen-bond donors (Lipinski definition) is 3. The fourth-order valence-electron chi connectivity index (χ4n) is 1.51. The van der Waals surface area contributed by atoms with Crippen LogP contribution >= 0.6 is 11.3 Å². The van der Waals surface area contributed by atoms with Crippen LogP contribution in [0.3, 0.4) is 0 Å². The fourth-order valence-corrected chi connectivity index (χ4v) is 2.56. The van der Waals surface area contributed by atoms with Crippen molar-refractivity contribution in [2.45, 2.75) is 13.3 Å². The lowest BCUT2D eigenvalue weighted by molar-refractivity contribution is -0.136. The normalized spacial score (nSPS) is 10.5. The highest BCUT2D eigenvalue weighted by molar-refractivity contribution is 7.15. The van der Waals surface area contributed by atoms with Crippen molar-refractivity contribution in [1.82, 2.24) is 4.98 Å². The summed E-state index contributed by atoms with van der Waals surface area (Å²) in [4.78, 5) is 15.6. The summed E-state index contributed by atoms with van der Waals surface area (Å²) in [6.45, 7) is 1.75. The summed E-state index contributed by atoms with van der Waals surface area (Å²) in [5, 5.41) is 28.0. The van der Waals surface area contributed by atoms with E-state index in [-0.39, 0.29) is 17.9 Å². The van der Waals surface area contributed by atoms with E-state index in [9.17, 15) is 15.0 Å². The summed E-state index contributed by atoms with van der Waals surface area (Å²) in [5.41, 5.74) is 1.32. The van der Waals surface area contributed by atoms with Crippen molar-refractivity contribution < 1.29 is 20.1 Å². The SMILES string of the molecule is Cc1nc(-c2ccc(O)c(O)c2)sc1CC(=O)O. The van der Waals surface area contributed by atoms with Crippen molar-refractivity contribution in [3.8, 4) is 22.1 Å². The Bertz CT molecular complexity index is 606. The van der Waals surface area contributed by atoms with Gasteiger partial charge in [-0.1, -0.05) is 0 Å². The first-order valence-electron chi connectivity index (χ1n) is 5.18. The van der Waals surface area contributed by atoms with Gasteiger partial charge in [0.2, 0.25) is 0 Å². The van der Waals surface area contributed by atoms with E-state index >= 15 is 0 Å². The molecule has 2 rings (SSSR count). The fraction of sp³-hybridized carbons (Fsp3) is 0.167. The molecular formula is C12H11NO4S. The Morgan fingerprint density at radius 3 is 2.67 bits per heavy atom. The van der Waals surface area contributed by atoms with Gasteiger partial charge in [-0.25, -0.2) is 4.98 Å². The molecule has 18 heavy (non-hydrogen) atoms. The molecule has 0 radical (unpaired) electrons. The summed E-state index contributed by atoms with van der Waals surface area (Å²) in [6, 6.07) is 4.40. The summed E-state index contributed by atoms with van der Waals surface area (Å²) in [7, 11) is 0. The third-order valence-electron chi connectivity index (χ3n) is 2.43. The number of thiazole rings is 1. The average molecular weight is 265 g/mol. The molecule has 0 bridgehead atoms. The minimum atomic E-state index is -0.901. The van der Waals surface area contributed by atoms with Crippen LogP contribution in [0, 0.1) is 6.92 Å². The zero-order valence-corrected chi connectivity index (χ0v) is 10.4. The van der Waals surface area contributed by atoms with Gasteiger partial charge in [-0.2, -0.15) is 0 Å². The minimum absolute atomic E-state index is 0.0619. The summed E-state index contributed by atoms with van der Waals surface area (Å²) < 4.78 is 0. The Balaban J connectivity index is 2.39. The number of carbonyl (C=O) groups is 1. The van der Waals surface area contributed by atoms with E-state index in [1.54, 1.807) is 13.0 Å². The Kier molecular flexibility index (Phi) is 3.20. The van der Waals surface area contributed by atoms with Crippen LogP contribution in [-0.2, 0) is 11.2 Å². The van der Waals surface area contributed by atoms with Crippen LogP contribution in [0.2, 0.25) is 0 Å². The van der Waals surface area contributed by atoms with Gasteiger partial charge >= 0.3 is 5.97 Å². The van der Waals surface area contributed by atoms with Gasteiger partial charge in [-0.15, -0.1) is 11.3 Å². The topological polar surface area (TPSA) is 90.7 Å². The largest absolute Gasteiger partial charge is 0.504 e. The molecule has 0 amide bonds. The molecule has 1 aromatic heterocycles. The predicted molar refractivity (Wildman–Crippen MR) is 67.0 cm³/mol. The highest BCUT2D eigenvalue weighted by Gasteiger charge is 2.13. The number of hydrogen-bond acceptors (Lipinski definition) is 5. The molecule has 6 heteroatoms. The Hall–Kier alpha value is -2.08. The molecule has 0 aliphatic heterocycles. The molecule has 2 aromatic rings. The number of carboxylic acid groups (broad SMARTS) is 1. The highest BCUT2D eigenvalue weighted by atomic mass is 32.1. The summed E-state index contributed by atoms with van der Waals surface area (Å²) >= 11 is 1.27. The Morgan fingerprint density at radius 2 is 2.06 bits per heavy atom. The third kappa shape index (κ3) is 2.43. The second-order valence-electron chi connectivity index (χ2n) is 3.80. The van der Waals surface area contributed by atoms with E-state index in [1.165, 1.54) is 23.5 Å². The molecule has 0 aliphatic rings. The lowest BCUT2D eigenvalue weighted by atomic mass is 10.2. The molecular weight excluding hydrogens is 254 g/mol. The highest BCUT2D eigenvalue weighted by Crippen LogP contribution is 2.33. The predicted octanol–water partition coefficient (Wildman–Crippen LogP) is 2.16. The number of nitrogens with zero attached hydrogens (tertiary/aromatic N) is 1. The van der Waals surface area contributed by atoms with Crippen molar-refractivity contribution in [3.63, 3.8) is 0 Å². The molecule has 0 aliphatic carbocycles. The second kappa shape index (κ2) is 4.66. The lowest BCUT2D eigenvalue weighted by Crippen LogP contribution is -1.99. The van der Waals surface area contributed by atoms with Gasteiger partial charge in [-0.05, 0) is 25.1 Å². The Labute approximate surface area is 107 Å². The van der Waals surface area contributed by atoms with E-state index in [4.69, 9.17) is 5.11 Å². The van der Waals surface area contributed by atoms with Gasteiger partial charge in [0.05, 0.1) is 12.1 Å². The molecule has 94 valence electrons. The van der Waals surface area contributed by atoms with Crippen molar-refractivity contribution in [2.24, 2.45) is 0 Å². The van der Waals surface area contributed by atoms with Crippen LogP contribution in [0.5, 0.6) is 11.5 Å². The first-order valence-corrected chi connectivity index (χ1v) is 5.99. The quantitative estimate of drug-likeness (QED) is 0.740. The molecule has 1 aromatic carbocycles. The van der Waals surface area contributed by atoms with Gasteiger partial charge in [0.15, 0.2) is 11.5 Å². The second-order valence-corrected chi connectivity index (χ2v) is 4.89. The van der Waals surface area contributed by atoms with Crippen LogP contribution in [0.1, 0.15) is 10.6 Å². The van der Waals surface area contributed by atoms with E-state index in [0.717, 1.165) is 0 Å². The molecule has 0 fully saturated rings. The first-order chi connectivity index (χ1) is 8.47. The zero-order chi connectivity index (χ0) is 13.3. The monoisotopic (exact) mass is 265 g/mol. The zero-order valence-electron chi connectivity index (χ0n) is 9.54. The first kappa shape index (κ1) is 12.4. The van der Waals surface area contributed by atoms with Gasteiger partial charge in [-0.3, -0.25) is 4.79 Å². The number of rotatable bonds is 3. The number of aromatic nitrogens is 1. The number of aromatic hydroxyl groups is 2. The van der Waals surface area contributed by atoms with E-state index < -0.39 is 5.97 Å². The van der Waals surface area contributed by atoms with Crippen LogP contribution in [0.25, 0.3) is 10.6 Å². The van der Waals surface area contributed by atoms with Gasteiger partial charge in [0.25, 0.3) is 0 Å².